The fourth-order valence-corrected chi connectivity index (χ4v) is 2.73. The van der Waals surface area contributed by atoms with Gasteiger partial charge in [-0.05, 0) is 24.3 Å². The maximum atomic E-state index is 13.6. The highest BCUT2D eigenvalue weighted by Crippen LogP contribution is 2.24. The monoisotopic (exact) mass is 431 g/mol. The second kappa shape index (κ2) is 9.89. The highest BCUT2D eigenvalue weighted by Gasteiger charge is 2.17. The number of rotatable bonds is 9. The minimum absolute atomic E-state index is 0.0678. The van der Waals surface area contributed by atoms with Crippen molar-refractivity contribution in [2.75, 3.05) is 25.1 Å². The molecular formula is C21H19ClFN3O4. The highest BCUT2D eigenvalue weighted by atomic mass is 35.5. The summed E-state index contributed by atoms with van der Waals surface area (Å²) in [4.78, 5) is 21.6. The van der Waals surface area contributed by atoms with Crippen LogP contribution in [0.5, 0.6) is 11.5 Å². The zero-order valence-corrected chi connectivity index (χ0v) is 16.8. The lowest BCUT2D eigenvalue weighted by Crippen LogP contribution is -2.26. The van der Waals surface area contributed by atoms with Crippen molar-refractivity contribution < 1.29 is 23.8 Å². The maximum absolute atomic E-state index is 13.6. The number of hydrogen-bond acceptors (Lipinski definition) is 6. The quantitative estimate of drug-likeness (QED) is 0.546. The highest BCUT2D eigenvalue weighted by molar-refractivity contribution is 6.32. The summed E-state index contributed by atoms with van der Waals surface area (Å²) in [5, 5.41) is 9.82. The van der Waals surface area contributed by atoms with Crippen LogP contribution in [0.25, 0.3) is 0 Å². The van der Waals surface area contributed by atoms with Crippen LogP contribution in [-0.4, -0.2) is 41.2 Å². The zero-order chi connectivity index (χ0) is 21.5. The second-order valence-corrected chi connectivity index (χ2v) is 6.66. The van der Waals surface area contributed by atoms with Gasteiger partial charge in [0, 0.05) is 13.2 Å². The van der Waals surface area contributed by atoms with Crippen molar-refractivity contribution in [2.45, 2.75) is 6.61 Å². The summed E-state index contributed by atoms with van der Waals surface area (Å²) in [6.07, 6.45) is 1.23. The number of aromatic nitrogens is 2. The van der Waals surface area contributed by atoms with Gasteiger partial charge < -0.3 is 19.5 Å². The van der Waals surface area contributed by atoms with Gasteiger partial charge in [0.25, 0.3) is 0 Å². The standard InChI is InChI=1S/C21H19ClFN3O4/c1-26(10-11-29-19-9-5-3-7-16(19)23)21-24-12-14(20(27)28)17(25-21)13-30-18-8-4-2-6-15(18)22/h2-9,12H,10-11,13H2,1H3,(H,27,28). The van der Waals surface area contributed by atoms with E-state index in [2.05, 4.69) is 9.97 Å². The number of aromatic carboxylic acids is 1. The maximum Gasteiger partial charge on any atom is 0.339 e. The largest absolute Gasteiger partial charge is 0.489 e. The second-order valence-electron chi connectivity index (χ2n) is 6.26. The molecule has 0 aliphatic heterocycles. The third-order valence-corrected chi connectivity index (χ3v) is 4.46. The summed E-state index contributed by atoms with van der Waals surface area (Å²) in [7, 11) is 1.72. The van der Waals surface area contributed by atoms with Crippen LogP contribution in [0.3, 0.4) is 0 Å². The molecular weight excluding hydrogens is 413 g/mol. The Labute approximate surface area is 177 Å². The molecule has 1 heterocycles. The number of carboxylic acid groups (broad SMARTS) is 1. The lowest BCUT2D eigenvalue weighted by Gasteiger charge is -2.19. The third kappa shape index (κ3) is 5.36. The lowest BCUT2D eigenvalue weighted by atomic mass is 10.2. The molecule has 1 N–H and O–H groups in total. The predicted octanol–water partition coefficient (Wildman–Crippen LogP) is 4.06. The SMILES string of the molecule is CN(CCOc1ccccc1F)c1ncc(C(=O)O)c(COc2ccccc2Cl)n1. The molecule has 0 amide bonds. The minimum Gasteiger partial charge on any atom is -0.489 e. The van der Waals surface area contributed by atoms with E-state index in [0.717, 1.165) is 0 Å². The summed E-state index contributed by atoms with van der Waals surface area (Å²) in [5.74, 6) is -0.745. The number of nitrogens with zero attached hydrogens (tertiary/aromatic N) is 3. The van der Waals surface area contributed by atoms with Crippen molar-refractivity contribution in [1.29, 1.82) is 0 Å². The Balaban J connectivity index is 1.68. The summed E-state index contributed by atoms with van der Waals surface area (Å²) < 4.78 is 24.7. The molecule has 30 heavy (non-hydrogen) atoms. The van der Waals surface area contributed by atoms with Crippen LogP contribution in [0.4, 0.5) is 10.3 Å². The van der Waals surface area contributed by atoms with Crippen LogP contribution in [0.15, 0.2) is 54.7 Å². The molecule has 0 radical (unpaired) electrons. The number of anilines is 1. The Morgan fingerprint density at radius 1 is 1.13 bits per heavy atom. The van der Waals surface area contributed by atoms with Gasteiger partial charge in [-0.3, -0.25) is 0 Å². The topological polar surface area (TPSA) is 84.8 Å². The molecule has 0 unspecified atom stereocenters. The van der Waals surface area contributed by atoms with Crippen LogP contribution >= 0.6 is 11.6 Å². The van der Waals surface area contributed by atoms with Crippen molar-refractivity contribution in [2.24, 2.45) is 0 Å². The van der Waals surface area contributed by atoms with Crippen molar-refractivity contribution >= 4 is 23.5 Å². The Kier molecular flexibility index (Phi) is 7.03. The first kappa shape index (κ1) is 21.3. The van der Waals surface area contributed by atoms with Crippen molar-refractivity contribution in [3.63, 3.8) is 0 Å². The Bertz CT molecular complexity index is 1030. The molecule has 0 saturated carbocycles. The molecule has 0 saturated heterocycles. The smallest absolute Gasteiger partial charge is 0.339 e. The number of benzene rings is 2. The number of likely N-dealkylation sites (N-methyl/N-ethyl adjacent to an activating group) is 1. The molecule has 2 aromatic carbocycles. The Hall–Kier alpha value is -3.39. The number of hydrogen-bond donors (Lipinski definition) is 1. The van der Waals surface area contributed by atoms with E-state index in [0.29, 0.717) is 17.3 Å². The number of carboxylic acids is 1. The first-order valence-electron chi connectivity index (χ1n) is 9.00. The molecule has 3 aromatic rings. The summed E-state index contributed by atoms with van der Waals surface area (Å²) in [5.41, 5.74) is 0.135. The van der Waals surface area contributed by atoms with E-state index >= 15 is 0 Å². The van der Waals surface area contributed by atoms with Crippen molar-refractivity contribution in [1.82, 2.24) is 9.97 Å². The van der Waals surface area contributed by atoms with E-state index in [1.54, 1.807) is 48.3 Å². The molecule has 0 aliphatic rings. The van der Waals surface area contributed by atoms with Gasteiger partial charge >= 0.3 is 5.97 Å². The van der Waals surface area contributed by atoms with Gasteiger partial charge in [-0.1, -0.05) is 35.9 Å². The zero-order valence-electron chi connectivity index (χ0n) is 16.1. The van der Waals surface area contributed by atoms with Crippen LogP contribution in [0.1, 0.15) is 16.1 Å². The molecule has 0 aliphatic carbocycles. The van der Waals surface area contributed by atoms with E-state index in [4.69, 9.17) is 21.1 Å². The fraction of sp³-hybridized carbons (Fsp3) is 0.190. The summed E-state index contributed by atoms with van der Waals surface area (Å²) in [6.45, 7) is 0.443. The fourth-order valence-electron chi connectivity index (χ4n) is 2.54. The molecule has 0 fully saturated rings. The van der Waals surface area contributed by atoms with Crippen molar-refractivity contribution in [3.05, 3.63) is 76.8 Å². The third-order valence-electron chi connectivity index (χ3n) is 4.15. The first-order chi connectivity index (χ1) is 14.5. The van der Waals surface area contributed by atoms with Crippen LogP contribution < -0.4 is 14.4 Å². The number of halogens is 2. The number of carbonyl (C=O) groups is 1. The first-order valence-corrected chi connectivity index (χ1v) is 9.38. The average Bonchev–Trinajstić information content (AvgIpc) is 2.74. The molecule has 9 heteroatoms. The molecule has 0 bridgehead atoms. The molecule has 7 nitrogen and oxygen atoms in total. The molecule has 0 spiro atoms. The van der Waals surface area contributed by atoms with Crippen LogP contribution in [0, 0.1) is 5.82 Å². The number of para-hydroxylation sites is 2. The molecule has 1 aromatic heterocycles. The summed E-state index contributed by atoms with van der Waals surface area (Å²) >= 11 is 6.07. The molecule has 3 rings (SSSR count). The Morgan fingerprint density at radius 3 is 2.53 bits per heavy atom. The molecule has 156 valence electrons. The van der Waals surface area contributed by atoms with Crippen LogP contribution in [0.2, 0.25) is 5.02 Å². The minimum atomic E-state index is -1.16. The van der Waals surface area contributed by atoms with E-state index in [9.17, 15) is 14.3 Å². The predicted molar refractivity (Wildman–Crippen MR) is 110 cm³/mol. The van der Waals surface area contributed by atoms with Crippen LogP contribution in [-0.2, 0) is 6.61 Å². The van der Waals surface area contributed by atoms with Gasteiger partial charge in [-0.2, -0.15) is 0 Å². The summed E-state index contributed by atoms with van der Waals surface area (Å²) in [6, 6.07) is 13.0. The lowest BCUT2D eigenvalue weighted by molar-refractivity contribution is 0.0692. The van der Waals surface area contributed by atoms with Crippen molar-refractivity contribution in [3.8, 4) is 11.5 Å². The van der Waals surface area contributed by atoms with Gasteiger partial charge in [-0.15, -0.1) is 0 Å². The van der Waals surface area contributed by atoms with Gasteiger partial charge in [0.2, 0.25) is 5.95 Å². The van der Waals surface area contributed by atoms with Gasteiger partial charge in [0.05, 0.1) is 17.3 Å². The van der Waals surface area contributed by atoms with E-state index in [1.807, 2.05) is 0 Å². The number of ether oxygens (including phenoxy) is 2. The van der Waals surface area contributed by atoms with Gasteiger partial charge in [-0.25, -0.2) is 19.2 Å². The molecule has 0 atom stereocenters. The average molecular weight is 432 g/mol. The van der Waals surface area contributed by atoms with Gasteiger partial charge in [0.15, 0.2) is 11.6 Å². The van der Waals surface area contributed by atoms with E-state index in [1.165, 1.54) is 18.3 Å². The Morgan fingerprint density at radius 2 is 1.83 bits per heavy atom. The normalized spacial score (nSPS) is 10.5. The van der Waals surface area contributed by atoms with E-state index in [-0.39, 0.29) is 36.2 Å². The van der Waals surface area contributed by atoms with E-state index < -0.39 is 11.8 Å². The van der Waals surface area contributed by atoms with Gasteiger partial charge in [0.1, 0.15) is 24.5 Å².